The number of hydrazine groups is 1. The van der Waals surface area contributed by atoms with Gasteiger partial charge in [0.15, 0.2) is 5.78 Å². The third-order valence-corrected chi connectivity index (χ3v) is 5.20. The molecular formula is C20H21ClN2O3S. The second-order valence-electron chi connectivity index (χ2n) is 6.06. The van der Waals surface area contributed by atoms with Crippen LogP contribution in [-0.2, 0) is 9.59 Å². The zero-order valence-electron chi connectivity index (χ0n) is 15.2. The molecule has 5 nitrogen and oxygen atoms in total. The molecule has 0 aliphatic rings. The molecule has 2 amide bonds. The number of carbonyl (C=O) groups is 3. The number of nitrogens with one attached hydrogen (secondary N) is 2. The zero-order chi connectivity index (χ0) is 19.8. The average molecular weight is 405 g/mol. The Balaban J connectivity index is 1.69. The van der Waals surface area contributed by atoms with Crippen molar-refractivity contribution < 1.29 is 14.4 Å². The van der Waals surface area contributed by atoms with E-state index >= 15 is 0 Å². The number of benzene rings is 2. The summed E-state index contributed by atoms with van der Waals surface area (Å²) >= 11 is 7.14. The minimum absolute atomic E-state index is 0.0103. The molecule has 0 heterocycles. The summed E-state index contributed by atoms with van der Waals surface area (Å²) in [5, 5.41) is 0.631. The summed E-state index contributed by atoms with van der Waals surface area (Å²) in [7, 11) is 0. The Hall–Kier alpha value is -2.31. The summed E-state index contributed by atoms with van der Waals surface area (Å²) in [5.41, 5.74) is 7.42. The maximum atomic E-state index is 12.2. The predicted octanol–water partition coefficient (Wildman–Crippen LogP) is 3.86. The first-order chi connectivity index (χ1) is 12.8. The average Bonchev–Trinajstić information content (AvgIpc) is 2.66. The molecule has 0 aliphatic heterocycles. The lowest BCUT2D eigenvalue weighted by atomic mass is 10.0. The third kappa shape index (κ3) is 7.07. The van der Waals surface area contributed by atoms with Crippen molar-refractivity contribution in [1.82, 2.24) is 10.9 Å². The minimum Gasteiger partial charge on any atom is -0.294 e. The summed E-state index contributed by atoms with van der Waals surface area (Å²) in [6.07, 6.45) is 0.0973. The first-order valence-electron chi connectivity index (χ1n) is 8.41. The molecule has 2 N–H and O–H groups in total. The molecule has 0 aromatic heterocycles. The van der Waals surface area contributed by atoms with E-state index in [-0.39, 0.29) is 30.3 Å². The molecule has 0 saturated carbocycles. The standard InChI is InChI=1S/C20H21ClN2O3S/c1-13-3-4-15(11-14(13)2)18(24)9-10-19(25)22-23-20(26)12-27-17-7-5-16(21)6-8-17/h3-8,11H,9-10,12H2,1-2H3,(H,22,25)(H,23,26). The fraction of sp³-hybridized carbons (Fsp3) is 0.250. The van der Waals surface area contributed by atoms with Gasteiger partial charge in [0.05, 0.1) is 5.75 Å². The molecule has 0 atom stereocenters. The highest BCUT2D eigenvalue weighted by atomic mass is 35.5. The molecule has 0 radical (unpaired) electrons. The number of aryl methyl sites for hydroxylation is 2. The number of amides is 2. The van der Waals surface area contributed by atoms with E-state index in [1.165, 1.54) is 11.8 Å². The summed E-state index contributed by atoms with van der Waals surface area (Å²) in [4.78, 5) is 36.7. The summed E-state index contributed by atoms with van der Waals surface area (Å²) in [6.45, 7) is 3.92. The smallest absolute Gasteiger partial charge is 0.248 e. The van der Waals surface area contributed by atoms with Crippen molar-refractivity contribution in [2.24, 2.45) is 0 Å². The summed E-state index contributed by atoms with van der Waals surface area (Å²) in [5.74, 6) is -0.678. The number of hydrogen-bond donors (Lipinski definition) is 2. The SMILES string of the molecule is Cc1ccc(C(=O)CCC(=O)NNC(=O)CSc2ccc(Cl)cc2)cc1C. The van der Waals surface area contributed by atoms with Gasteiger partial charge in [-0.1, -0.05) is 23.7 Å². The second kappa shape index (κ2) is 10.1. The molecule has 2 aromatic rings. The highest BCUT2D eigenvalue weighted by Crippen LogP contribution is 2.19. The number of rotatable bonds is 7. The lowest BCUT2D eigenvalue weighted by Gasteiger charge is -2.08. The third-order valence-electron chi connectivity index (χ3n) is 3.93. The first-order valence-corrected chi connectivity index (χ1v) is 9.78. The quantitative estimate of drug-likeness (QED) is 0.417. The van der Waals surface area contributed by atoms with Gasteiger partial charge in [0.1, 0.15) is 0 Å². The fourth-order valence-electron chi connectivity index (χ4n) is 2.20. The zero-order valence-corrected chi connectivity index (χ0v) is 16.7. The van der Waals surface area contributed by atoms with Gasteiger partial charge in [-0.15, -0.1) is 11.8 Å². The van der Waals surface area contributed by atoms with E-state index in [9.17, 15) is 14.4 Å². The molecule has 0 fully saturated rings. The van der Waals surface area contributed by atoms with Crippen LogP contribution in [0.25, 0.3) is 0 Å². The molecule has 0 saturated heterocycles. The molecule has 0 bridgehead atoms. The van der Waals surface area contributed by atoms with Crippen molar-refractivity contribution in [2.75, 3.05) is 5.75 Å². The van der Waals surface area contributed by atoms with Crippen LogP contribution < -0.4 is 10.9 Å². The van der Waals surface area contributed by atoms with Crippen molar-refractivity contribution in [3.63, 3.8) is 0 Å². The lowest BCUT2D eigenvalue weighted by molar-refractivity contribution is -0.127. The predicted molar refractivity (Wildman–Crippen MR) is 108 cm³/mol. The van der Waals surface area contributed by atoms with Crippen LogP contribution in [0.5, 0.6) is 0 Å². The monoisotopic (exact) mass is 404 g/mol. The van der Waals surface area contributed by atoms with E-state index in [0.29, 0.717) is 10.6 Å². The molecular weight excluding hydrogens is 384 g/mol. The van der Waals surface area contributed by atoms with Crippen molar-refractivity contribution >= 4 is 41.0 Å². The number of hydrogen-bond acceptors (Lipinski definition) is 4. The largest absolute Gasteiger partial charge is 0.294 e. The van der Waals surface area contributed by atoms with Gasteiger partial charge in [0.25, 0.3) is 0 Å². The van der Waals surface area contributed by atoms with Crippen LogP contribution in [0.3, 0.4) is 0 Å². The topological polar surface area (TPSA) is 75.3 Å². The van der Waals surface area contributed by atoms with Crippen LogP contribution in [-0.4, -0.2) is 23.4 Å². The molecule has 7 heteroatoms. The fourth-order valence-corrected chi connectivity index (χ4v) is 3.03. The highest BCUT2D eigenvalue weighted by Gasteiger charge is 2.11. The number of Topliss-reactive ketones (excluding diaryl/α,β-unsaturated/α-hetero) is 1. The van der Waals surface area contributed by atoms with E-state index in [2.05, 4.69) is 10.9 Å². The van der Waals surface area contributed by atoms with Gasteiger partial charge in [0, 0.05) is 28.3 Å². The molecule has 2 rings (SSSR count). The summed E-state index contributed by atoms with van der Waals surface area (Å²) < 4.78 is 0. The van der Waals surface area contributed by atoms with Gasteiger partial charge < -0.3 is 0 Å². The molecule has 0 aliphatic carbocycles. The molecule has 142 valence electrons. The van der Waals surface area contributed by atoms with Crippen molar-refractivity contribution in [2.45, 2.75) is 31.6 Å². The summed E-state index contributed by atoms with van der Waals surface area (Å²) in [6, 6.07) is 12.6. The van der Waals surface area contributed by atoms with Crippen LogP contribution in [0.1, 0.15) is 34.3 Å². The maximum absolute atomic E-state index is 12.2. The Kier molecular flexibility index (Phi) is 7.88. The van der Waals surface area contributed by atoms with Crippen LogP contribution in [0.15, 0.2) is 47.4 Å². The van der Waals surface area contributed by atoms with Crippen LogP contribution >= 0.6 is 23.4 Å². The van der Waals surface area contributed by atoms with Crippen LogP contribution in [0, 0.1) is 13.8 Å². The van der Waals surface area contributed by atoms with E-state index < -0.39 is 5.91 Å². The lowest BCUT2D eigenvalue weighted by Crippen LogP contribution is -2.42. The van der Waals surface area contributed by atoms with Gasteiger partial charge in [-0.3, -0.25) is 25.2 Å². The van der Waals surface area contributed by atoms with Gasteiger partial charge in [0.2, 0.25) is 11.8 Å². The van der Waals surface area contributed by atoms with Crippen molar-refractivity contribution in [3.05, 3.63) is 64.2 Å². The minimum atomic E-state index is -0.406. The first kappa shape index (κ1) is 21.0. The Morgan fingerprint density at radius 1 is 0.889 bits per heavy atom. The van der Waals surface area contributed by atoms with Crippen LogP contribution in [0.4, 0.5) is 0 Å². The Labute approximate surface area is 167 Å². The second-order valence-corrected chi connectivity index (χ2v) is 7.55. The molecule has 27 heavy (non-hydrogen) atoms. The maximum Gasteiger partial charge on any atom is 0.248 e. The van der Waals surface area contributed by atoms with Gasteiger partial charge in [-0.2, -0.15) is 0 Å². The van der Waals surface area contributed by atoms with E-state index in [4.69, 9.17) is 11.6 Å². The van der Waals surface area contributed by atoms with E-state index in [0.717, 1.165) is 16.0 Å². The Morgan fingerprint density at radius 3 is 2.22 bits per heavy atom. The van der Waals surface area contributed by atoms with Crippen molar-refractivity contribution in [1.29, 1.82) is 0 Å². The van der Waals surface area contributed by atoms with E-state index in [1.807, 2.05) is 38.1 Å². The number of ketones is 1. The molecule has 0 unspecified atom stereocenters. The normalized spacial score (nSPS) is 10.3. The number of carbonyl (C=O) groups excluding carboxylic acids is 3. The van der Waals surface area contributed by atoms with Gasteiger partial charge in [-0.25, -0.2) is 0 Å². The molecule has 0 spiro atoms. The highest BCUT2D eigenvalue weighted by molar-refractivity contribution is 8.00. The van der Waals surface area contributed by atoms with Crippen molar-refractivity contribution in [3.8, 4) is 0 Å². The van der Waals surface area contributed by atoms with E-state index in [1.54, 1.807) is 18.2 Å². The molecule has 2 aromatic carbocycles. The Bertz CT molecular complexity index is 838. The van der Waals surface area contributed by atoms with Gasteiger partial charge in [-0.05, 0) is 55.3 Å². The number of halogens is 1. The Morgan fingerprint density at radius 2 is 1.56 bits per heavy atom. The van der Waals surface area contributed by atoms with Crippen LogP contribution in [0.2, 0.25) is 5.02 Å². The van der Waals surface area contributed by atoms with Gasteiger partial charge >= 0.3 is 0 Å². The number of thioether (sulfide) groups is 1.